The molecule has 0 bridgehead atoms. The van der Waals surface area contributed by atoms with E-state index in [0.29, 0.717) is 6.54 Å². The van der Waals surface area contributed by atoms with Gasteiger partial charge >= 0.3 is 0 Å². The fourth-order valence-corrected chi connectivity index (χ4v) is 2.25. The Bertz CT molecular complexity index is 475. The molecule has 0 radical (unpaired) electrons. The number of para-hydroxylation sites is 2. The molecule has 1 heterocycles. The Balaban J connectivity index is 0.00000102. The lowest BCUT2D eigenvalue weighted by Gasteiger charge is -2.37. The molecule has 2 amide bonds. The number of carbonyl (C=O) groups excluding carboxylic acids is 2. The number of rotatable bonds is 3. The topological polar surface area (TPSA) is 66.6 Å². The SMILES string of the molecule is CC.CC.CCN1CCN(C(=O)CC(N)=O)c2ccccc21. The Labute approximate surface area is 134 Å². The second-order valence-corrected chi connectivity index (χ2v) is 4.26. The Hall–Kier alpha value is -2.04. The van der Waals surface area contributed by atoms with Crippen LogP contribution in [0.3, 0.4) is 0 Å². The van der Waals surface area contributed by atoms with Crippen LogP contribution in [-0.2, 0) is 9.59 Å². The van der Waals surface area contributed by atoms with Gasteiger partial charge in [-0.1, -0.05) is 39.8 Å². The van der Waals surface area contributed by atoms with Gasteiger partial charge in [-0.15, -0.1) is 0 Å². The maximum Gasteiger partial charge on any atom is 0.236 e. The molecule has 0 aromatic heterocycles. The summed E-state index contributed by atoms with van der Waals surface area (Å²) in [5.41, 5.74) is 6.97. The van der Waals surface area contributed by atoms with Gasteiger partial charge in [-0.05, 0) is 19.1 Å². The highest BCUT2D eigenvalue weighted by Gasteiger charge is 2.26. The van der Waals surface area contributed by atoms with Crippen LogP contribution >= 0.6 is 0 Å². The molecule has 0 fully saturated rings. The highest BCUT2D eigenvalue weighted by molar-refractivity contribution is 6.06. The Morgan fingerprint density at radius 3 is 2.09 bits per heavy atom. The predicted molar refractivity (Wildman–Crippen MR) is 93.2 cm³/mol. The molecule has 0 spiro atoms. The van der Waals surface area contributed by atoms with Crippen molar-refractivity contribution in [3.63, 3.8) is 0 Å². The van der Waals surface area contributed by atoms with E-state index >= 15 is 0 Å². The van der Waals surface area contributed by atoms with Gasteiger partial charge in [0.1, 0.15) is 6.42 Å². The smallest absolute Gasteiger partial charge is 0.236 e. The predicted octanol–water partition coefficient (Wildman–Crippen LogP) is 2.79. The summed E-state index contributed by atoms with van der Waals surface area (Å²) < 4.78 is 0. The normalized spacial score (nSPS) is 12.2. The summed E-state index contributed by atoms with van der Waals surface area (Å²) in [7, 11) is 0. The van der Waals surface area contributed by atoms with Crippen molar-refractivity contribution in [3.8, 4) is 0 Å². The first kappa shape index (κ1) is 20.0. The second-order valence-electron chi connectivity index (χ2n) is 4.26. The van der Waals surface area contributed by atoms with Crippen LogP contribution in [0, 0.1) is 0 Å². The van der Waals surface area contributed by atoms with E-state index in [0.717, 1.165) is 24.5 Å². The summed E-state index contributed by atoms with van der Waals surface area (Å²) in [6.45, 7) is 12.3. The number of carbonyl (C=O) groups is 2. The van der Waals surface area contributed by atoms with E-state index in [4.69, 9.17) is 5.73 Å². The molecular weight excluding hydrogens is 278 g/mol. The number of hydrogen-bond donors (Lipinski definition) is 1. The second kappa shape index (κ2) is 10.7. The van der Waals surface area contributed by atoms with Crippen molar-refractivity contribution in [2.45, 2.75) is 41.0 Å². The maximum absolute atomic E-state index is 12.0. The fraction of sp³-hybridized carbons (Fsp3) is 0.529. The summed E-state index contributed by atoms with van der Waals surface area (Å²) in [5.74, 6) is -0.818. The maximum atomic E-state index is 12.0. The minimum atomic E-state index is -0.588. The molecule has 1 aliphatic rings. The van der Waals surface area contributed by atoms with Crippen LogP contribution in [0.15, 0.2) is 24.3 Å². The number of likely N-dealkylation sites (N-methyl/N-ethyl adjacent to an activating group) is 1. The zero-order valence-corrected chi connectivity index (χ0v) is 14.4. The molecule has 1 aromatic carbocycles. The first-order valence-electron chi connectivity index (χ1n) is 8.06. The van der Waals surface area contributed by atoms with Crippen LogP contribution in [0.4, 0.5) is 11.4 Å². The molecule has 0 saturated heterocycles. The number of anilines is 2. The van der Waals surface area contributed by atoms with Gasteiger partial charge in [0, 0.05) is 19.6 Å². The number of primary amides is 1. The third-order valence-corrected chi connectivity index (χ3v) is 3.11. The van der Waals surface area contributed by atoms with Crippen LogP contribution in [0.2, 0.25) is 0 Å². The van der Waals surface area contributed by atoms with Gasteiger partial charge in [-0.25, -0.2) is 0 Å². The largest absolute Gasteiger partial charge is 0.369 e. The van der Waals surface area contributed by atoms with E-state index in [-0.39, 0.29) is 12.3 Å². The van der Waals surface area contributed by atoms with Gasteiger partial charge in [-0.2, -0.15) is 0 Å². The Morgan fingerprint density at radius 1 is 1.05 bits per heavy atom. The molecule has 124 valence electrons. The van der Waals surface area contributed by atoms with Gasteiger partial charge < -0.3 is 15.5 Å². The van der Waals surface area contributed by atoms with Crippen LogP contribution < -0.4 is 15.5 Å². The van der Waals surface area contributed by atoms with E-state index in [1.807, 2.05) is 52.0 Å². The minimum Gasteiger partial charge on any atom is -0.369 e. The Kier molecular flexibility index (Phi) is 9.67. The van der Waals surface area contributed by atoms with Gasteiger partial charge in [0.05, 0.1) is 11.4 Å². The third kappa shape index (κ3) is 5.06. The molecule has 0 saturated carbocycles. The van der Waals surface area contributed by atoms with E-state index in [1.165, 1.54) is 0 Å². The molecule has 2 rings (SSSR count). The number of nitrogens with two attached hydrogens (primary N) is 1. The first-order valence-corrected chi connectivity index (χ1v) is 8.06. The van der Waals surface area contributed by atoms with Crippen molar-refractivity contribution in [2.75, 3.05) is 29.4 Å². The molecular formula is C17H29N3O2. The molecule has 2 N–H and O–H groups in total. The van der Waals surface area contributed by atoms with Gasteiger partial charge in [0.25, 0.3) is 0 Å². The van der Waals surface area contributed by atoms with Gasteiger partial charge in [0.15, 0.2) is 0 Å². The van der Waals surface area contributed by atoms with Crippen molar-refractivity contribution in [1.29, 1.82) is 0 Å². The zero-order chi connectivity index (χ0) is 17.1. The minimum absolute atomic E-state index is 0.231. The molecule has 0 atom stereocenters. The zero-order valence-electron chi connectivity index (χ0n) is 14.4. The average molecular weight is 307 g/mol. The summed E-state index contributed by atoms with van der Waals surface area (Å²) in [6, 6.07) is 7.73. The average Bonchev–Trinajstić information content (AvgIpc) is 2.56. The third-order valence-electron chi connectivity index (χ3n) is 3.11. The molecule has 1 aliphatic heterocycles. The molecule has 5 heteroatoms. The van der Waals surface area contributed by atoms with Crippen molar-refractivity contribution >= 4 is 23.2 Å². The monoisotopic (exact) mass is 307 g/mol. The number of fused-ring (bicyclic) bond motifs is 1. The summed E-state index contributed by atoms with van der Waals surface area (Å²) in [4.78, 5) is 26.7. The molecule has 0 unspecified atom stereocenters. The molecule has 1 aromatic rings. The van der Waals surface area contributed by atoms with Crippen LogP contribution in [0.1, 0.15) is 41.0 Å². The summed E-state index contributed by atoms with van der Waals surface area (Å²) in [5, 5.41) is 0. The number of nitrogens with zero attached hydrogens (tertiary/aromatic N) is 2. The number of amides is 2. The van der Waals surface area contributed by atoms with Crippen LogP contribution in [0.5, 0.6) is 0 Å². The summed E-state index contributed by atoms with van der Waals surface area (Å²) in [6.07, 6.45) is -0.236. The van der Waals surface area contributed by atoms with Crippen LogP contribution in [0.25, 0.3) is 0 Å². The Morgan fingerprint density at radius 2 is 1.59 bits per heavy atom. The molecule has 0 aliphatic carbocycles. The standard InChI is InChI=1S/C13H17N3O2.2C2H6/c1-2-15-7-8-16(13(18)9-12(14)17)11-6-4-3-5-10(11)15;2*1-2/h3-6H,2,7-9H2,1H3,(H2,14,17);2*1-2H3. The lowest BCUT2D eigenvalue weighted by molar-refractivity contribution is -0.126. The lowest BCUT2D eigenvalue weighted by atomic mass is 10.1. The van der Waals surface area contributed by atoms with Gasteiger partial charge in [0.2, 0.25) is 11.8 Å². The van der Waals surface area contributed by atoms with E-state index in [2.05, 4.69) is 11.8 Å². The fourth-order valence-electron chi connectivity index (χ4n) is 2.25. The van der Waals surface area contributed by atoms with E-state index in [9.17, 15) is 9.59 Å². The van der Waals surface area contributed by atoms with Crippen molar-refractivity contribution < 1.29 is 9.59 Å². The lowest BCUT2D eigenvalue weighted by Crippen LogP contribution is -2.45. The van der Waals surface area contributed by atoms with Crippen molar-refractivity contribution in [1.82, 2.24) is 0 Å². The number of hydrogen-bond acceptors (Lipinski definition) is 3. The van der Waals surface area contributed by atoms with Gasteiger partial charge in [-0.3, -0.25) is 9.59 Å². The van der Waals surface area contributed by atoms with Crippen LogP contribution in [-0.4, -0.2) is 31.4 Å². The highest BCUT2D eigenvalue weighted by Crippen LogP contribution is 2.32. The summed E-state index contributed by atoms with van der Waals surface area (Å²) >= 11 is 0. The molecule has 5 nitrogen and oxygen atoms in total. The van der Waals surface area contributed by atoms with Crippen molar-refractivity contribution in [3.05, 3.63) is 24.3 Å². The van der Waals surface area contributed by atoms with E-state index in [1.54, 1.807) is 4.90 Å². The molecule has 22 heavy (non-hydrogen) atoms. The quantitative estimate of drug-likeness (QED) is 0.873. The number of benzene rings is 1. The highest BCUT2D eigenvalue weighted by atomic mass is 16.2. The van der Waals surface area contributed by atoms with E-state index < -0.39 is 5.91 Å². The van der Waals surface area contributed by atoms with Crippen molar-refractivity contribution in [2.24, 2.45) is 5.73 Å². The first-order chi connectivity index (χ1) is 10.6.